The van der Waals surface area contributed by atoms with Gasteiger partial charge >= 0.3 is 0 Å². The van der Waals surface area contributed by atoms with Gasteiger partial charge in [0.25, 0.3) is 11.6 Å². The number of hydrogen-bond donors (Lipinski definition) is 0. The topological polar surface area (TPSA) is 26.0 Å². The summed E-state index contributed by atoms with van der Waals surface area (Å²) in [5.41, 5.74) is 9.86. The molecule has 3 nitrogen and oxygen atoms in total. The molecule has 4 aromatic rings. The number of aromatic nitrogens is 2. The average molecular weight is 426 g/mol. The summed E-state index contributed by atoms with van der Waals surface area (Å²) in [6, 6.07) is 13.4. The number of benzene rings is 3. The fraction of sp³-hybridized carbons (Fsp3) is 0.379. The van der Waals surface area contributed by atoms with Crippen LogP contribution in [-0.2, 0) is 13.5 Å². The second-order valence-corrected chi connectivity index (χ2v) is 10.9. The molecule has 2 heterocycles. The van der Waals surface area contributed by atoms with E-state index >= 15 is 0 Å². The van der Waals surface area contributed by atoms with E-state index in [1.807, 2.05) is 0 Å². The predicted octanol–water partition coefficient (Wildman–Crippen LogP) is 7.31. The van der Waals surface area contributed by atoms with Gasteiger partial charge in [-0.05, 0) is 65.3 Å². The number of ether oxygens (including phenoxy) is 1. The first-order valence-corrected chi connectivity index (χ1v) is 11.6. The van der Waals surface area contributed by atoms with E-state index < -0.39 is 0 Å². The Kier molecular flexibility index (Phi) is 4.60. The zero-order valence-corrected chi connectivity index (χ0v) is 20.6. The maximum Gasteiger partial charge on any atom is 0.294 e. The number of fused-ring (bicyclic) bond motifs is 3. The number of hydrogen-bond acceptors (Lipinski definition) is 2. The van der Waals surface area contributed by atoms with Crippen molar-refractivity contribution in [2.45, 2.75) is 60.8 Å². The molecule has 0 unspecified atom stereocenters. The fourth-order valence-corrected chi connectivity index (χ4v) is 5.17. The molecule has 3 heteroatoms. The Morgan fingerprint density at radius 2 is 1.81 bits per heavy atom. The first kappa shape index (κ1) is 20.9. The minimum absolute atomic E-state index is 0.211. The van der Waals surface area contributed by atoms with Gasteiger partial charge in [0.15, 0.2) is 0 Å². The number of nitrogens with zero attached hydrogens (tertiary/aromatic N) is 2. The van der Waals surface area contributed by atoms with Crippen LogP contribution in [0.2, 0.25) is 0 Å². The van der Waals surface area contributed by atoms with E-state index in [9.17, 15) is 0 Å². The van der Waals surface area contributed by atoms with Gasteiger partial charge in [0.2, 0.25) is 5.52 Å². The lowest BCUT2D eigenvalue weighted by atomic mass is 9.85. The van der Waals surface area contributed by atoms with Crippen LogP contribution >= 0.6 is 0 Å². The lowest BCUT2D eigenvalue weighted by Gasteiger charge is -2.24. The smallest absolute Gasteiger partial charge is 0.294 e. The van der Waals surface area contributed by atoms with Gasteiger partial charge in [0, 0.05) is 11.5 Å². The van der Waals surface area contributed by atoms with Crippen LogP contribution in [0.1, 0.15) is 62.8 Å². The molecular weight excluding hydrogens is 392 g/mol. The summed E-state index contributed by atoms with van der Waals surface area (Å²) < 4.78 is 8.87. The highest BCUT2D eigenvalue weighted by Crippen LogP contribution is 2.48. The molecule has 0 amide bonds. The minimum atomic E-state index is 0.211. The molecule has 1 aliphatic heterocycles. The summed E-state index contributed by atoms with van der Waals surface area (Å²) in [7, 11) is 2.14. The normalized spacial score (nSPS) is 13.0. The van der Waals surface area contributed by atoms with E-state index in [1.54, 1.807) is 0 Å². The summed E-state index contributed by atoms with van der Waals surface area (Å²) in [4.78, 5) is 5.12. The van der Waals surface area contributed by atoms with Gasteiger partial charge in [-0.25, -0.2) is 4.98 Å². The highest BCUT2D eigenvalue weighted by Gasteiger charge is 2.33. The maximum atomic E-state index is 6.59. The Hall–Kier alpha value is -2.94. The molecule has 0 aliphatic carbocycles. The van der Waals surface area contributed by atoms with E-state index in [0.29, 0.717) is 11.8 Å². The number of rotatable bonds is 2. The molecular formula is C29H33N2O+. The minimum Gasteiger partial charge on any atom is -0.433 e. The van der Waals surface area contributed by atoms with E-state index in [0.717, 1.165) is 28.9 Å². The summed E-state index contributed by atoms with van der Waals surface area (Å²) >= 11 is 0. The van der Waals surface area contributed by atoms with Gasteiger partial charge in [-0.2, -0.15) is 4.57 Å². The van der Waals surface area contributed by atoms with Crippen LogP contribution in [0.25, 0.3) is 33.1 Å². The van der Waals surface area contributed by atoms with Crippen LogP contribution in [-0.4, -0.2) is 4.98 Å². The molecule has 32 heavy (non-hydrogen) atoms. The van der Waals surface area contributed by atoms with Crippen LogP contribution < -0.4 is 9.30 Å². The second kappa shape index (κ2) is 7.03. The lowest BCUT2D eigenvalue weighted by Crippen LogP contribution is -2.34. The predicted molar refractivity (Wildman–Crippen MR) is 133 cm³/mol. The summed E-state index contributed by atoms with van der Waals surface area (Å²) in [6.07, 6.45) is 1.00. The Balaban J connectivity index is 1.88. The first-order chi connectivity index (χ1) is 15.0. The van der Waals surface area contributed by atoms with Crippen LogP contribution in [0, 0.1) is 19.3 Å². The highest BCUT2D eigenvalue weighted by molar-refractivity contribution is 6.05. The maximum absolute atomic E-state index is 6.59. The molecule has 164 valence electrons. The quantitative estimate of drug-likeness (QED) is 0.277. The average Bonchev–Trinajstić information content (AvgIpc) is 2.69. The third kappa shape index (κ3) is 3.18. The zero-order valence-electron chi connectivity index (χ0n) is 20.6. The molecule has 0 N–H and O–H groups in total. The van der Waals surface area contributed by atoms with Crippen molar-refractivity contribution in [1.82, 2.24) is 4.98 Å². The molecule has 0 saturated heterocycles. The Morgan fingerprint density at radius 1 is 1.06 bits per heavy atom. The second-order valence-electron chi connectivity index (χ2n) is 10.9. The van der Waals surface area contributed by atoms with Gasteiger partial charge in [-0.1, -0.05) is 58.9 Å². The van der Waals surface area contributed by atoms with E-state index in [-0.39, 0.29) is 5.41 Å². The van der Waals surface area contributed by atoms with Crippen molar-refractivity contribution in [2.24, 2.45) is 12.5 Å². The summed E-state index contributed by atoms with van der Waals surface area (Å²) in [5.74, 6) is 2.04. The standard InChI is InChI=1S/C29H33N2O/c1-16(2)21-10-9-11-22-26(21)30-28-27(31(22)8)24-18(4)17(3)12-20-13-19(15-29(5,6)7)14-23(32-28)25(20)24/h9-14,16H,15H2,1-8H3/q+1. The summed E-state index contributed by atoms with van der Waals surface area (Å²) in [5, 5.41) is 2.46. The Morgan fingerprint density at radius 3 is 2.50 bits per heavy atom. The molecule has 0 bridgehead atoms. The monoisotopic (exact) mass is 425 g/mol. The largest absolute Gasteiger partial charge is 0.433 e. The van der Waals surface area contributed by atoms with Crippen molar-refractivity contribution >= 4 is 21.8 Å². The molecule has 0 saturated carbocycles. The van der Waals surface area contributed by atoms with Crippen molar-refractivity contribution in [1.29, 1.82) is 0 Å². The number of aryl methyl sites for hydroxylation is 2. The first-order valence-electron chi connectivity index (χ1n) is 11.6. The highest BCUT2D eigenvalue weighted by atomic mass is 16.5. The van der Waals surface area contributed by atoms with Crippen LogP contribution in [0.15, 0.2) is 36.4 Å². The van der Waals surface area contributed by atoms with Gasteiger partial charge in [-0.3, -0.25) is 0 Å². The van der Waals surface area contributed by atoms with Crippen LogP contribution in [0.5, 0.6) is 11.6 Å². The Bertz CT molecular complexity index is 1410. The third-order valence-electron chi connectivity index (χ3n) is 6.74. The van der Waals surface area contributed by atoms with Crippen molar-refractivity contribution in [2.75, 3.05) is 0 Å². The SMILES string of the molecule is Cc1cc2cc(CC(C)(C)C)cc3c2c(c1C)-c1c(nc2c(C(C)C)cccc2[n+]1C)O3. The molecule has 1 aliphatic rings. The fourth-order valence-electron chi connectivity index (χ4n) is 5.17. The lowest BCUT2D eigenvalue weighted by molar-refractivity contribution is -0.634. The van der Waals surface area contributed by atoms with Gasteiger partial charge in [0.05, 0.1) is 5.56 Å². The van der Waals surface area contributed by atoms with E-state index in [2.05, 4.69) is 96.5 Å². The molecule has 0 spiro atoms. The van der Waals surface area contributed by atoms with Gasteiger partial charge < -0.3 is 4.74 Å². The molecule has 0 atom stereocenters. The molecule has 5 rings (SSSR count). The molecule has 0 radical (unpaired) electrons. The van der Waals surface area contributed by atoms with Crippen LogP contribution in [0.4, 0.5) is 0 Å². The van der Waals surface area contributed by atoms with Gasteiger partial charge in [0.1, 0.15) is 18.3 Å². The van der Waals surface area contributed by atoms with Crippen molar-refractivity contribution in [3.05, 3.63) is 58.7 Å². The molecule has 1 aromatic heterocycles. The molecule has 3 aromatic carbocycles. The summed E-state index contributed by atoms with van der Waals surface area (Å²) in [6.45, 7) is 15.7. The zero-order chi connectivity index (χ0) is 22.9. The van der Waals surface area contributed by atoms with Crippen LogP contribution in [0.3, 0.4) is 0 Å². The van der Waals surface area contributed by atoms with Gasteiger partial charge in [-0.15, -0.1) is 0 Å². The number of para-hydroxylation sites is 1. The Labute approximate surface area is 191 Å². The van der Waals surface area contributed by atoms with Crippen molar-refractivity contribution < 1.29 is 9.30 Å². The van der Waals surface area contributed by atoms with Crippen molar-refractivity contribution in [3.8, 4) is 22.9 Å². The van der Waals surface area contributed by atoms with Crippen molar-refractivity contribution in [3.63, 3.8) is 0 Å². The van der Waals surface area contributed by atoms with E-state index in [4.69, 9.17) is 9.72 Å². The van der Waals surface area contributed by atoms with E-state index in [1.165, 1.54) is 38.6 Å². The molecule has 0 fully saturated rings. The third-order valence-corrected chi connectivity index (χ3v) is 6.74.